The maximum atomic E-state index is 5.27. The summed E-state index contributed by atoms with van der Waals surface area (Å²) in [6, 6.07) is 27.3. The number of pyridine rings is 1. The molecule has 0 spiro atoms. The van der Waals surface area contributed by atoms with Gasteiger partial charge in [-0.15, -0.1) is 0 Å². The van der Waals surface area contributed by atoms with E-state index in [1.54, 1.807) is 7.11 Å². The van der Waals surface area contributed by atoms with Gasteiger partial charge in [0.15, 0.2) is 0 Å². The molecule has 2 aromatic heterocycles. The highest BCUT2D eigenvalue weighted by Crippen LogP contribution is 2.27. The van der Waals surface area contributed by atoms with E-state index in [9.17, 15) is 0 Å². The van der Waals surface area contributed by atoms with Crippen LogP contribution in [0.1, 0.15) is 0 Å². The molecule has 0 bridgehead atoms. The summed E-state index contributed by atoms with van der Waals surface area (Å²) in [5.74, 6) is 1.68. The molecular weight excluding hydrogens is 334 g/mol. The Kier molecular flexibility index (Phi) is 3.61. The summed E-state index contributed by atoms with van der Waals surface area (Å²) in [6.07, 6.45) is 0. The molecule has 0 fully saturated rings. The summed E-state index contributed by atoms with van der Waals surface area (Å²) in [5, 5.41) is 1.01. The number of aromatic nitrogens is 3. The first kappa shape index (κ1) is 15.6. The lowest BCUT2D eigenvalue weighted by molar-refractivity contribution is 0.415. The second-order valence-corrected chi connectivity index (χ2v) is 6.36. The Labute approximate surface area is 156 Å². The fourth-order valence-electron chi connectivity index (χ4n) is 3.21. The van der Waals surface area contributed by atoms with Crippen molar-refractivity contribution >= 4 is 21.9 Å². The second kappa shape index (κ2) is 6.25. The molecule has 4 heteroatoms. The molecule has 0 amide bonds. The van der Waals surface area contributed by atoms with Crippen LogP contribution in [-0.4, -0.2) is 22.1 Å². The van der Waals surface area contributed by atoms with E-state index >= 15 is 0 Å². The Morgan fingerprint density at radius 1 is 0.852 bits per heavy atom. The van der Waals surface area contributed by atoms with Crippen LogP contribution in [0.2, 0.25) is 0 Å². The standard InChI is InChI=1S/C23H16N3O/c1-27-18-9-12-20-16(13-18)7-10-19(24-20)17-8-11-21-22(14-17)26-23(25-21)15-5-3-2-4-6-15/h2-9,11-14H,1H3,(H,25,26). The normalized spacial score (nSPS) is 11.1. The number of imidazole rings is 1. The van der Waals surface area contributed by atoms with Gasteiger partial charge in [-0.1, -0.05) is 36.4 Å². The molecular formula is C23H16N3O. The number of ether oxygens (including phenoxy) is 1. The van der Waals surface area contributed by atoms with Crippen LogP contribution in [0.3, 0.4) is 0 Å². The molecule has 0 aliphatic rings. The van der Waals surface area contributed by atoms with Crippen molar-refractivity contribution < 1.29 is 4.74 Å². The Hall–Kier alpha value is -3.66. The first-order valence-electron chi connectivity index (χ1n) is 8.72. The minimum Gasteiger partial charge on any atom is -0.497 e. The SMILES string of the molecule is COc1ccc2nc(-c3ccc4nc(-c5ccccc5)[nH]c4c3)[c]cc2c1. The molecule has 0 saturated heterocycles. The smallest absolute Gasteiger partial charge is 0.138 e. The van der Waals surface area contributed by atoms with Gasteiger partial charge in [0.1, 0.15) is 11.6 Å². The number of nitrogens with zero attached hydrogens (tertiary/aromatic N) is 2. The average Bonchev–Trinajstić information content (AvgIpc) is 3.17. The molecule has 0 unspecified atom stereocenters. The third kappa shape index (κ3) is 2.81. The van der Waals surface area contributed by atoms with Crippen molar-refractivity contribution in [2.75, 3.05) is 7.11 Å². The molecule has 27 heavy (non-hydrogen) atoms. The van der Waals surface area contributed by atoms with Gasteiger partial charge in [0.2, 0.25) is 0 Å². The Balaban J connectivity index is 1.57. The number of nitrogens with one attached hydrogen (secondary N) is 1. The third-order valence-corrected chi connectivity index (χ3v) is 4.63. The fraction of sp³-hybridized carbons (Fsp3) is 0.0435. The zero-order valence-electron chi connectivity index (χ0n) is 14.7. The predicted molar refractivity (Wildman–Crippen MR) is 108 cm³/mol. The number of benzene rings is 3. The number of hydrogen-bond donors (Lipinski definition) is 1. The molecule has 4 nitrogen and oxygen atoms in total. The maximum absolute atomic E-state index is 5.27. The van der Waals surface area contributed by atoms with Gasteiger partial charge in [0, 0.05) is 22.6 Å². The van der Waals surface area contributed by atoms with Crippen molar-refractivity contribution in [1.82, 2.24) is 15.0 Å². The molecule has 1 radical (unpaired) electrons. The number of H-pyrrole nitrogens is 1. The number of rotatable bonds is 3. The van der Waals surface area contributed by atoms with Gasteiger partial charge in [0.25, 0.3) is 0 Å². The van der Waals surface area contributed by atoms with Gasteiger partial charge in [-0.2, -0.15) is 0 Å². The van der Waals surface area contributed by atoms with Gasteiger partial charge >= 0.3 is 0 Å². The van der Waals surface area contributed by atoms with Crippen molar-refractivity contribution in [2.24, 2.45) is 0 Å². The van der Waals surface area contributed by atoms with Crippen LogP contribution in [0.25, 0.3) is 44.6 Å². The van der Waals surface area contributed by atoms with E-state index in [-0.39, 0.29) is 0 Å². The first-order chi connectivity index (χ1) is 13.3. The molecule has 2 heterocycles. The highest BCUT2D eigenvalue weighted by atomic mass is 16.5. The monoisotopic (exact) mass is 350 g/mol. The molecule has 0 saturated carbocycles. The van der Waals surface area contributed by atoms with E-state index < -0.39 is 0 Å². The molecule has 0 atom stereocenters. The van der Waals surface area contributed by atoms with Crippen molar-refractivity contribution in [3.05, 3.63) is 78.9 Å². The zero-order chi connectivity index (χ0) is 18.2. The van der Waals surface area contributed by atoms with Gasteiger partial charge in [-0.05, 0) is 36.4 Å². The number of methoxy groups -OCH3 is 1. The Morgan fingerprint density at radius 3 is 2.56 bits per heavy atom. The van der Waals surface area contributed by atoms with Crippen molar-refractivity contribution in [1.29, 1.82) is 0 Å². The molecule has 3 aromatic carbocycles. The number of aromatic amines is 1. The van der Waals surface area contributed by atoms with Gasteiger partial charge in [0.05, 0.1) is 29.4 Å². The van der Waals surface area contributed by atoms with E-state index in [2.05, 4.69) is 22.1 Å². The average molecular weight is 350 g/mol. The van der Waals surface area contributed by atoms with Crippen molar-refractivity contribution in [3.63, 3.8) is 0 Å². The topological polar surface area (TPSA) is 50.8 Å². The second-order valence-electron chi connectivity index (χ2n) is 6.36. The van der Waals surface area contributed by atoms with E-state index in [1.165, 1.54) is 0 Å². The zero-order valence-corrected chi connectivity index (χ0v) is 14.7. The van der Waals surface area contributed by atoms with Crippen LogP contribution < -0.4 is 4.74 Å². The molecule has 0 aliphatic carbocycles. The summed E-state index contributed by atoms with van der Waals surface area (Å²) < 4.78 is 5.27. The van der Waals surface area contributed by atoms with Crippen LogP contribution in [0.4, 0.5) is 0 Å². The minimum atomic E-state index is 0.811. The fourth-order valence-corrected chi connectivity index (χ4v) is 3.21. The molecule has 0 aliphatic heterocycles. The van der Waals surface area contributed by atoms with Crippen molar-refractivity contribution in [2.45, 2.75) is 0 Å². The van der Waals surface area contributed by atoms with Crippen LogP contribution in [0.5, 0.6) is 5.75 Å². The van der Waals surface area contributed by atoms with E-state index in [1.807, 2.05) is 66.7 Å². The number of hydrogen-bond acceptors (Lipinski definition) is 3. The summed E-state index contributed by atoms with van der Waals surface area (Å²) >= 11 is 0. The lowest BCUT2D eigenvalue weighted by Crippen LogP contribution is -1.88. The summed E-state index contributed by atoms with van der Waals surface area (Å²) in [7, 11) is 1.66. The quantitative estimate of drug-likeness (QED) is 0.483. The summed E-state index contributed by atoms with van der Waals surface area (Å²) in [4.78, 5) is 12.8. The van der Waals surface area contributed by atoms with Gasteiger partial charge < -0.3 is 9.72 Å². The summed E-state index contributed by atoms with van der Waals surface area (Å²) in [6.45, 7) is 0. The van der Waals surface area contributed by atoms with E-state index in [0.717, 1.165) is 50.3 Å². The maximum Gasteiger partial charge on any atom is 0.138 e. The number of fused-ring (bicyclic) bond motifs is 2. The molecule has 1 N–H and O–H groups in total. The van der Waals surface area contributed by atoms with Crippen LogP contribution in [0.15, 0.2) is 72.8 Å². The lowest BCUT2D eigenvalue weighted by atomic mass is 10.1. The largest absolute Gasteiger partial charge is 0.497 e. The lowest BCUT2D eigenvalue weighted by Gasteiger charge is -2.05. The van der Waals surface area contributed by atoms with Gasteiger partial charge in [-0.25, -0.2) is 9.97 Å². The van der Waals surface area contributed by atoms with E-state index in [0.29, 0.717) is 0 Å². The molecule has 5 rings (SSSR count). The van der Waals surface area contributed by atoms with Crippen LogP contribution in [0, 0.1) is 6.07 Å². The van der Waals surface area contributed by atoms with Crippen LogP contribution in [-0.2, 0) is 0 Å². The van der Waals surface area contributed by atoms with Crippen molar-refractivity contribution in [3.8, 4) is 28.4 Å². The van der Waals surface area contributed by atoms with Crippen LogP contribution >= 0.6 is 0 Å². The molecule has 5 aromatic rings. The minimum absolute atomic E-state index is 0.811. The first-order valence-corrected chi connectivity index (χ1v) is 8.72. The highest BCUT2D eigenvalue weighted by molar-refractivity contribution is 5.86. The van der Waals surface area contributed by atoms with Gasteiger partial charge in [-0.3, -0.25) is 0 Å². The van der Waals surface area contributed by atoms with E-state index in [4.69, 9.17) is 9.72 Å². The Bertz CT molecular complexity index is 1260. The summed E-state index contributed by atoms with van der Waals surface area (Å²) in [5.41, 5.74) is 5.72. The highest BCUT2D eigenvalue weighted by Gasteiger charge is 2.08. The predicted octanol–water partition coefficient (Wildman–Crippen LogP) is 5.25. The molecule has 129 valence electrons. The Morgan fingerprint density at radius 2 is 1.70 bits per heavy atom. The third-order valence-electron chi connectivity index (χ3n) is 4.63.